The van der Waals surface area contributed by atoms with E-state index < -0.39 is 41.6 Å². The SMILES string of the molecule is CCC(CC)OC1C=C(C#N)CC(NC(=O)OC(C)(C)C)C1NC(=O)OC(C)(C)C. The third kappa shape index (κ3) is 9.04. The summed E-state index contributed by atoms with van der Waals surface area (Å²) in [7, 11) is 0. The lowest BCUT2D eigenvalue weighted by Crippen LogP contribution is -2.60. The maximum absolute atomic E-state index is 12.5. The second kappa shape index (κ2) is 10.7. The van der Waals surface area contributed by atoms with Gasteiger partial charge in [0.1, 0.15) is 11.2 Å². The van der Waals surface area contributed by atoms with Gasteiger partial charge in [-0.2, -0.15) is 5.26 Å². The van der Waals surface area contributed by atoms with E-state index in [9.17, 15) is 14.9 Å². The average Bonchev–Trinajstić information content (AvgIpc) is 2.58. The normalized spacial score (nSPS) is 22.0. The zero-order valence-electron chi connectivity index (χ0n) is 19.5. The number of hydrogen-bond acceptors (Lipinski definition) is 6. The molecule has 0 bridgehead atoms. The Morgan fingerprint density at radius 2 is 1.57 bits per heavy atom. The van der Waals surface area contributed by atoms with Gasteiger partial charge in [0, 0.05) is 12.0 Å². The fraction of sp³-hybridized carbons (Fsp3) is 0.773. The minimum Gasteiger partial charge on any atom is -0.444 e. The molecule has 0 spiro atoms. The molecular weight excluding hydrogens is 386 g/mol. The average molecular weight is 424 g/mol. The predicted octanol–water partition coefficient (Wildman–Crippen LogP) is 4.20. The van der Waals surface area contributed by atoms with Gasteiger partial charge in [-0.05, 0) is 60.5 Å². The van der Waals surface area contributed by atoms with Gasteiger partial charge in [0.25, 0.3) is 0 Å². The Balaban J connectivity index is 3.16. The Hall–Kier alpha value is -2.27. The largest absolute Gasteiger partial charge is 0.444 e. The second-order valence-electron chi connectivity index (χ2n) is 9.47. The monoisotopic (exact) mass is 423 g/mol. The molecule has 30 heavy (non-hydrogen) atoms. The van der Waals surface area contributed by atoms with Crippen LogP contribution in [0.15, 0.2) is 11.6 Å². The van der Waals surface area contributed by atoms with Crippen molar-refractivity contribution in [3.63, 3.8) is 0 Å². The first kappa shape index (κ1) is 25.8. The highest BCUT2D eigenvalue weighted by Gasteiger charge is 2.38. The number of rotatable bonds is 6. The molecule has 3 unspecified atom stereocenters. The number of nitriles is 1. The third-order valence-electron chi connectivity index (χ3n) is 4.38. The van der Waals surface area contributed by atoms with E-state index >= 15 is 0 Å². The van der Waals surface area contributed by atoms with E-state index in [1.807, 2.05) is 13.8 Å². The van der Waals surface area contributed by atoms with Crippen LogP contribution in [0.25, 0.3) is 0 Å². The van der Waals surface area contributed by atoms with Crippen LogP contribution in [0.5, 0.6) is 0 Å². The fourth-order valence-electron chi connectivity index (χ4n) is 3.10. The number of carbonyl (C=O) groups is 2. The summed E-state index contributed by atoms with van der Waals surface area (Å²) in [5.74, 6) is 0. The zero-order valence-corrected chi connectivity index (χ0v) is 19.5. The molecule has 0 radical (unpaired) electrons. The number of carbonyl (C=O) groups excluding carboxylic acids is 2. The quantitative estimate of drug-likeness (QED) is 0.662. The molecule has 3 atom stereocenters. The maximum Gasteiger partial charge on any atom is 0.408 e. The van der Waals surface area contributed by atoms with Crippen molar-refractivity contribution in [1.29, 1.82) is 5.26 Å². The molecule has 8 nitrogen and oxygen atoms in total. The van der Waals surface area contributed by atoms with Gasteiger partial charge >= 0.3 is 12.2 Å². The van der Waals surface area contributed by atoms with Gasteiger partial charge in [0.05, 0.1) is 30.4 Å². The molecule has 2 N–H and O–H groups in total. The minimum atomic E-state index is -0.674. The van der Waals surface area contributed by atoms with Crippen LogP contribution in [0.3, 0.4) is 0 Å². The van der Waals surface area contributed by atoms with Gasteiger partial charge in [-0.25, -0.2) is 9.59 Å². The lowest BCUT2D eigenvalue weighted by atomic mass is 9.88. The Kier molecular flexibility index (Phi) is 9.16. The minimum absolute atomic E-state index is 0.0468. The number of amides is 2. The van der Waals surface area contributed by atoms with E-state index in [0.29, 0.717) is 5.57 Å². The highest BCUT2D eigenvalue weighted by atomic mass is 16.6. The first-order valence-corrected chi connectivity index (χ1v) is 10.5. The van der Waals surface area contributed by atoms with Crippen molar-refractivity contribution in [2.75, 3.05) is 0 Å². The summed E-state index contributed by atoms with van der Waals surface area (Å²) >= 11 is 0. The van der Waals surface area contributed by atoms with Crippen molar-refractivity contribution in [3.8, 4) is 6.07 Å². The maximum atomic E-state index is 12.5. The van der Waals surface area contributed by atoms with Gasteiger partial charge < -0.3 is 24.8 Å². The van der Waals surface area contributed by atoms with Crippen LogP contribution in [0.1, 0.15) is 74.7 Å². The summed E-state index contributed by atoms with van der Waals surface area (Å²) in [5, 5.41) is 15.1. The molecular formula is C22H37N3O5. The first-order valence-electron chi connectivity index (χ1n) is 10.5. The Morgan fingerprint density at radius 1 is 1.07 bits per heavy atom. The highest BCUT2D eigenvalue weighted by molar-refractivity contribution is 5.70. The van der Waals surface area contributed by atoms with E-state index in [2.05, 4.69) is 16.7 Å². The van der Waals surface area contributed by atoms with Gasteiger partial charge in [-0.3, -0.25) is 0 Å². The standard InChI is InChI=1S/C22H37N3O5/c1-9-15(10-2)28-17-12-14(13-23)11-16(24-19(26)29-21(3,4)5)18(17)25-20(27)30-22(6,7)8/h12,15-18H,9-11H2,1-8H3,(H,24,26)(H,25,27). The molecule has 0 aromatic rings. The van der Waals surface area contributed by atoms with Crippen molar-refractivity contribution in [2.45, 2.75) is 110 Å². The summed E-state index contributed by atoms with van der Waals surface area (Å²) in [6.07, 6.45) is 1.66. The molecule has 0 aliphatic heterocycles. The van der Waals surface area contributed by atoms with Crippen LogP contribution in [0, 0.1) is 11.3 Å². The van der Waals surface area contributed by atoms with Crippen molar-refractivity contribution in [3.05, 3.63) is 11.6 Å². The Labute approximate surface area is 180 Å². The van der Waals surface area contributed by atoms with Crippen LogP contribution < -0.4 is 10.6 Å². The number of hydrogen-bond donors (Lipinski definition) is 2. The number of nitrogens with one attached hydrogen (secondary N) is 2. The van der Waals surface area contributed by atoms with Crippen LogP contribution in [-0.4, -0.2) is 47.7 Å². The predicted molar refractivity (Wildman–Crippen MR) is 114 cm³/mol. The third-order valence-corrected chi connectivity index (χ3v) is 4.38. The molecule has 1 aliphatic carbocycles. The van der Waals surface area contributed by atoms with E-state index in [0.717, 1.165) is 12.8 Å². The summed E-state index contributed by atoms with van der Waals surface area (Å²) < 4.78 is 17.0. The molecule has 1 aliphatic rings. The van der Waals surface area contributed by atoms with Crippen molar-refractivity contribution in [1.82, 2.24) is 10.6 Å². The van der Waals surface area contributed by atoms with Crippen LogP contribution in [0.4, 0.5) is 9.59 Å². The first-order chi connectivity index (χ1) is 13.8. The molecule has 0 heterocycles. The topological polar surface area (TPSA) is 110 Å². The summed E-state index contributed by atoms with van der Waals surface area (Å²) in [6.45, 7) is 14.6. The second-order valence-corrected chi connectivity index (χ2v) is 9.47. The lowest BCUT2D eigenvalue weighted by Gasteiger charge is -2.38. The lowest BCUT2D eigenvalue weighted by molar-refractivity contribution is -0.0238. The Bertz CT molecular complexity index is 666. The number of ether oxygens (including phenoxy) is 3. The van der Waals surface area contributed by atoms with Crippen molar-refractivity contribution >= 4 is 12.2 Å². The molecule has 8 heteroatoms. The molecule has 2 amide bonds. The van der Waals surface area contributed by atoms with E-state index in [1.54, 1.807) is 47.6 Å². The molecule has 1 rings (SSSR count). The Morgan fingerprint density at radius 3 is 2.00 bits per heavy atom. The molecule has 0 saturated carbocycles. The van der Waals surface area contributed by atoms with Crippen molar-refractivity contribution < 1.29 is 23.8 Å². The smallest absolute Gasteiger partial charge is 0.408 e. The molecule has 0 saturated heterocycles. The number of alkyl carbamates (subject to hydrolysis) is 2. The summed E-state index contributed by atoms with van der Waals surface area (Å²) in [6, 6.07) is 0.940. The van der Waals surface area contributed by atoms with Gasteiger partial charge in [0.15, 0.2) is 0 Å². The van der Waals surface area contributed by atoms with Crippen molar-refractivity contribution in [2.24, 2.45) is 0 Å². The van der Waals surface area contributed by atoms with Gasteiger partial charge in [-0.15, -0.1) is 0 Å². The van der Waals surface area contributed by atoms with E-state index in [4.69, 9.17) is 14.2 Å². The zero-order chi connectivity index (χ0) is 23.1. The molecule has 170 valence electrons. The molecule has 0 aromatic heterocycles. The highest BCUT2D eigenvalue weighted by Crippen LogP contribution is 2.25. The van der Waals surface area contributed by atoms with Gasteiger partial charge in [0.2, 0.25) is 0 Å². The van der Waals surface area contributed by atoms with E-state index in [1.165, 1.54) is 0 Å². The van der Waals surface area contributed by atoms with Crippen LogP contribution in [0.2, 0.25) is 0 Å². The number of nitrogens with zero attached hydrogens (tertiary/aromatic N) is 1. The van der Waals surface area contributed by atoms with Crippen LogP contribution >= 0.6 is 0 Å². The molecule has 0 fully saturated rings. The molecule has 0 aromatic carbocycles. The van der Waals surface area contributed by atoms with Crippen LogP contribution in [-0.2, 0) is 14.2 Å². The fourth-order valence-corrected chi connectivity index (χ4v) is 3.10. The van der Waals surface area contributed by atoms with Gasteiger partial charge in [-0.1, -0.05) is 13.8 Å². The summed E-state index contributed by atoms with van der Waals surface area (Å²) in [4.78, 5) is 24.9. The summed E-state index contributed by atoms with van der Waals surface area (Å²) in [5.41, 5.74) is -0.868. The van der Waals surface area contributed by atoms with E-state index in [-0.39, 0.29) is 12.5 Å².